The number of hydrogen-bond acceptors (Lipinski definition) is 4. The summed E-state index contributed by atoms with van der Waals surface area (Å²) in [5, 5.41) is 0. The quantitative estimate of drug-likeness (QED) is 0.837. The van der Waals surface area contributed by atoms with E-state index in [2.05, 4.69) is 16.9 Å². The monoisotopic (exact) mass is 221 g/mol. The molecule has 88 valence electrons. The Morgan fingerprint density at radius 3 is 3.12 bits per heavy atom. The van der Waals surface area contributed by atoms with Gasteiger partial charge in [0.05, 0.1) is 24.7 Å². The highest BCUT2D eigenvalue weighted by Gasteiger charge is 2.20. The molecular formula is C12H19N3O. The molecule has 1 aliphatic heterocycles. The molecular weight excluding hydrogens is 202 g/mol. The van der Waals surface area contributed by atoms with Crippen LogP contribution in [0.4, 0.5) is 5.69 Å². The predicted octanol–water partition coefficient (Wildman–Crippen LogP) is 1.53. The molecule has 4 nitrogen and oxygen atoms in total. The smallest absolute Gasteiger partial charge is 0.139 e. The molecule has 1 unspecified atom stereocenters. The highest BCUT2D eigenvalue weighted by Crippen LogP contribution is 2.19. The summed E-state index contributed by atoms with van der Waals surface area (Å²) in [6.45, 7) is 1.95. The van der Waals surface area contributed by atoms with E-state index < -0.39 is 0 Å². The Morgan fingerprint density at radius 1 is 1.56 bits per heavy atom. The zero-order valence-electron chi connectivity index (χ0n) is 9.72. The maximum absolute atomic E-state index is 5.63. The van der Waals surface area contributed by atoms with Crippen molar-refractivity contribution in [1.29, 1.82) is 0 Å². The standard InChI is InChI=1S/C12H19N3O/c1-15-5-2-3-11(15)4-6-16-12-7-10(13)8-14-9-12/h7-9,11H,2-6,13H2,1H3. The number of rotatable bonds is 4. The molecule has 2 heterocycles. The summed E-state index contributed by atoms with van der Waals surface area (Å²) >= 11 is 0. The van der Waals surface area contributed by atoms with Crippen LogP contribution in [-0.4, -0.2) is 36.1 Å². The summed E-state index contributed by atoms with van der Waals surface area (Å²) < 4.78 is 5.63. The van der Waals surface area contributed by atoms with Gasteiger partial charge in [0.15, 0.2) is 0 Å². The zero-order valence-corrected chi connectivity index (χ0v) is 9.72. The fraction of sp³-hybridized carbons (Fsp3) is 0.583. The van der Waals surface area contributed by atoms with Gasteiger partial charge in [-0.15, -0.1) is 0 Å². The SMILES string of the molecule is CN1CCCC1CCOc1cncc(N)c1. The molecule has 0 radical (unpaired) electrons. The van der Waals surface area contributed by atoms with Crippen molar-refractivity contribution in [2.75, 3.05) is 25.9 Å². The molecule has 0 aromatic carbocycles. The van der Waals surface area contributed by atoms with Crippen LogP contribution in [0.25, 0.3) is 0 Å². The van der Waals surface area contributed by atoms with Crippen molar-refractivity contribution < 1.29 is 4.74 Å². The topological polar surface area (TPSA) is 51.4 Å². The van der Waals surface area contributed by atoms with Crippen molar-refractivity contribution >= 4 is 5.69 Å². The molecule has 1 atom stereocenters. The number of nitrogens with two attached hydrogens (primary N) is 1. The molecule has 16 heavy (non-hydrogen) atoms. The average Bonchev–Trinajstić information content (AvgIpc) is 2.65. The van der Waals surface area contributed by atoms with E-state index >= 15 is 0 Å². The first kappa shape index (κ1) is 11.2. The molecule has 0 saturated carbocycles. The van der Waals surface area contributed by atoms with Gasteiger partial charge in [0.25, 0.3) is 0 Å². The predicted molar refractivity (Wildman–Crippen MR) is 64.4 cm³/mol. The van der Waals surface area contributed by atoms with Gasteiger partial charge in [-0.2, -0.15) is 0 Å². The van der Waals surface area contributed by atoms with E-state index in [4.69, 9.17) is 10.5 Å². The van der Waals surface area contributed by atoms with Crippen molar-refractivity contribution in [3.8, 4) is 5.75 Å². The molecule has 1 aromatic rings. The third-order valence-corrected chi connectivity index (χ3v) is 3.13. The molecule has 4 heteroatoms. The summed E-state index contributed by atoms with van der Waals surface area (Å²) in [4.78, 5) is 6.39. The van der Waals surface area contributed by atoms with E-state index in [1.54, 1.807) is 12.4 Å². The summed E-state index contributed by atoms with van der Waals surface area (Å²) in [7, 11) is 2.18. The Bertz CT molecular complexity index is 343. The van der Waals surface area contributed by atoms with Gasteiger partial charge in [-0.1, -0.05) is 0 Å². The van der Waals surface area contributed by atoms with Crippen LogP contribution in [0.3, 0.4) is 0 Å². The Labute approximate surface area is 96.4 Å². The summed E-state index contributed by atoms with van der Waals surface area (Å²) in [5.41, 5.74) is 6.27. The van der Waals surface area contributed by atoms with Gasteiger partial charge < -0.3 is 15.4 Å². The van der Waals surface area contributed by atoms with Gasteiger partial charge in [-0.25, -0.2) is 0 Å². The van der Waals surface area contributed by atoms with E-state index in [0.717, 1.165) is 18.8 Å². The second kappa shape index (κ2) is 5.16. The molecule has 2 N–H and O–H groups in total. The van der Waals surface area contributed by atoms with Crippen LogP contribution in [0.5, 0.6) is 5.75 Å². The molecule has 0 amide bonds. The zero-order chi connectivity index (χ0) is 11.4. The third kappa shape index (κ3) is 2.85. The Balaban J connectivity index is 1.75. The number of anilines is 1. The van der Waals surface area contributed by atoms with Gasteiger partial charge in [0.2, 0.25) is 0 Å². The molecule has 1 aromatic heterocycles. The number of hydrogen-bond donors (Lipinski definition) is 1. The maximum Gasteiger partial charge on any atom is 0.139 e. The first-order valence-corrected chi connectivity index (χ1v) is 5.79. The lowest BCUT2D eigenvalue weighted by Crippen LogP contribution is -2.26. The minimum Gasteiger partial charge on any atom is -0.492 e. The van der Waals surface area contributed by atoms with Crippen molar-refractivity contribution in [2.24, 2.45) is 0 Å². The first-order chi connectivity index (χ1) is 7.75. The van der Waals surface area contributed by atoms with Crippen LogP contribution < -0.4 is 10.5 Å². The molecule has 1 aliphatic rings. The Kier molecular flexibility index (Phi) is 3.62. The normalized spacial score (nSPS) is 21.2. The lowest BCUT2D eigenvalue weighted by atomic mass is 10.1. The summed E-state index contributed by atoms with van der Waals surface area (Å²) in [6, 6.07) is 2.49. The summed E-state index contributed by atoms with van der Waals surface area (Å²) in [6.07, 6.45) is 6.99. The van der Waals surface area contributed by atoms with Crippen molar-refractivity contribution in [3.63, 3.8) is 0 Å². The van der Waals surface area contributed by atoms with Crippen LogP contribution in [-0.2, 0) is 0 Å². The molecule has 0 bridgehead atoms. The van der Waals surface area contributed by atoms with E-state index in [0.29, 0.717) is 11.7 Å². The molecule has 0 spiro atoms. The van der Waals surface area contributed by atoms with Gasteiger partial charge in [-0.3, -0.25) is 4.98 Å². The highest BCUT2D eigenvalue weighted by molar-refractivity contribution is 5.39. The van der Waals surface area contributed by atoms with Gasteiger partial charge in [-0.05, 0) is 32.9 Å². The summed E-state index contributed by atoms with van der Waals surface area (Å²) in [5.74, 6) is 0.764. The van der Waals surface area contributed by atoms with Crippen LogP contribution in [0.1, 0.15) is 19.3 Å². The molecule has 0 aliphatic carbocycles. The minimum atomic E-state index is 0.649. The van der Waals surface area contributed by atoms with Gasteiger partial charge in [0, 0.05) is 12.1 Å². The van der Waals surface area contributed by atoms with E-state index in [-0.39, 0.29) is 0 Å². The fourth-order valence-electron chi connectivity index (χ4n) is 2.17. The molecule has 1 saturated heterocycles. The Morgan fingerprint density at radius 2 is 2.44 bits per heavy atom. The van der Waals surface area contributed by atoms with Crippen molar-refractivity contribution in [2.45, 2.75) is 25.3 Å². The second-order valence-electron chi connectivity index (χ2n) is 4.37. The lowest BCUT2D eigenvalue weighted by Gasteiger charge is -2.19. The van der Waals surface area contributed by atoms with Crippen LogP contribution >= 0.6 is 0 Å². The first-order valence-electron chi connectivity index (χ1n) is 5.79. The van der Waals surface area contributed by atoms with Crippen molar-refractivity contribution in [1.82, 2.24) is 9.88 Å². The average molecular weight is 221 g/mol. The number of aromatic nitrogens is 1. The number of nitrogens with zero attached hydrogens (tertiary/aromatic N) is 2. The second-order valence-corrected chi connectivity index (χ2v) is 4.37. The van der Waals surface area contributed by atoms with E-state index in [1.165, 1.54) is 19.4 Å². The van der Waals surface area contributed by atoms with Crippen LogP contribution in [0.2, 0.25) is 0 Å². The Hall–Kier alpha value is -1.29. The maximum atomic E-state index is 5.63. The fourth-order valence-corrected chi connectivity index (χ4v) is 2.17. The third-order valence-electron chi connectivity index (χ3n) is 3.13. The van der Waals surface area contributed by atoms with Crippen molar-refractivity contribution in [3.05, 3.63) is 18.5 Å². The van der Waals surface area contributed by atoms with Crippen LogP contribution in [0.15, 0.2) is 18.5 Å². The van der Waals surface area contributed by atoms with Gasteiger partial charge in [0.1, 0.15) is 5.75 Å². The van der Waals surface area contributed by atoms with Gasteiger partial charge >= 0.3 is 0 Å². The minimum absolute atomic E-state index is 0.649. The largest absolute Gasteiger partial charge is 0.492 e. The van der Waals surface area contributed by atoms with E-state index in [9.17, 15) is 0 Å². The highest BCUT2D eigenvalue weighted by atomic mass is 16.5. The number of ether oxygens (including phenoxy) is 1. The van der Waals surface area contributed by atoms with E-state index in [1.807, 2.05) is 6.07 Å². The number of pyridine rings is 1. The lowest BCUT2D eigenvalue weighted by molar-refractivity contribution is 0.233. The number of likely N-dealkylation sites (tertiary alicyclic amines) is 1. The molecule has 1 fully saturated rings. The number of nitrogen functional groups attached to an aromatic ring is 1. The molecule has 2 rings (SSSR count). The van der Waals surface area contributed by atoms with Crippen LogP contribution in [0, 0.1) is 0 Å².